The van der Waals surface area contributed by atoms with E-state index >= 15 is 0 Å². The van der Waals surface area contributed by atoms with Crippen molar-refractivity contribution < 1.29 is 31.2 Å². The molecule has 8 nitrogen and oxygen atoms in total. The zero-order valence-corrected chi connectivity index (χ0v) is 22.4. The van der Waals surface area contributed by atoms with Gasteiger partial charge >= 0.3 is 6.18 Å². The van der Waals surface area contributed by atoms with Gasteiger partial charge in [-0.15, -0.1) is 0 Å². The first kappa shape index (κ1) is 28.5. The van der Waals surface area contributed by atoms with E-state index < -0.39 is 44.9 Å². The summed E-state index contributed by atoms with van der Waals surface area (Å²) in [5.41, 5.74) is -0.913. The predicted molar refractivity (Wildman–Crippen MR) is 142 cm³/mol. The highest BCUT2D eigenvalue weighted by molar-refractivity contribution is 7.89. The second-order valence-electron chi connectivity index (χ2n) is 10.1. The molecule has 3 aromatic carbocycles. The molecule has 5 rings (SSSR count). The molecule has 0 spiro atoms. The van der Waals surface area contributed by atoms with Crippen molar-refractivity contribution in [2.24, 2.45) is 5.92 Å². The molecule has 2 N–H and O–H groups in total. The quantitative estimate of drug-likeness (QED) is 0.326. The van der Waals surface area contributed by atoms with E-state index in [0.717, 1.165) is 27.6 Å². The number of nitrogens with zero attached hydrogens (tertiary/aromatic N) is 2. The SMILES string of the molecule is N#CC1CN(S(=O)(=O)c2ccccc2C(=O)C2(C(=O)NCc3ccc(C(F)(F)F)cc3)Cc3ccccc3CN2)C1. The van der Waals surface area contributed by atoms with Crippen LogP contribution < -0.4 is 10.6 Å². The van der Waals surface area contributed by atoms with Crippen LogP contribution in [0.25, 0.3) is 0 Å². The highest BCUT2D eigenvalue weighted by Crippen LogP contribution is 2.33. The number of Topliss-reactive ketones (excluding diaryl/α,β-unsaturated/α-hetero) is 1. The molecule has 2 aliphatic heterocycles. The molecule has 212 valence electrons. The van der Waals surface area contributed by atoms with Crippen LogP contribution in [0, 0.1) is 17.2 Å². The Labute approximate surface area is 234 Å². The molecule has 0 aliphatic carbocycles. The predicted octanol–water partition coefficient (Wildman–Crippen LogP) is 3.43. The second-order valence-corrected chi connectivity index (χ2v) is 12.0. The number of nitriles is 1. The molecule has 1 unspecified atom stereocenters. The van der Waals surface area contributed by atoms with Crippen LogP contribution in [0.2, 0.25) is 0 Å². The molecule has 0 radical (unpaired) electrons. The monoisotopic (exact) mass is 582 g/mol. The summed E-state index contributed by atoms with van der Waals surface area (Å²) in [4.78, 5) is 27.8. The molecular formula is C29H25F3N4O4S. The number of hydrogen-bond donors (Lipinski definition) is 2. The summed E-state index contributed by atoms with van der Waals surface area (Å²) in [7, 11) is -4.13. The fourth-order valence-electron chi connectivity index (χ4n) is 5.03. The minimum atomic E-state index is -4.50. The number of halogens is 3. The Bertz CT molecular complexity index is 1650. The molecule has 0 bridgehead atoms. The number of ketones is 1. The van der Waals surface area contributed by atoms with Crippen LogP contribution in [0.15, 0.2) is 77.7 Å². The van der Waals surface area contributed by atoms with Gasteiger partial charge in [-0.1, -0.05) is 48.5 Å². The van der Waals surface area contributed by atoms with Crippen molar-refractivity contribution in [1.82, 2.24) is 14.9 Å². The number of fused-ring (bicyclic) bond motifs is 1. The summed E-state index contributed by atoms with van der Waals surface area (Å²) in [5.74, 6) is -1.93. The van der Waals surface area contributed by atoms with Gasteiger partial charge in [-0.3, -0.25) is 14.9 Å². The molecule has 0 saturated carbocycles. The van der Waals surface area contributed by atoms with E-state index in [1.54, 1.807) is 12.1 Å². The van der Waals surface area contributed by atoms with Crippen LogP contribution in [0.4, 0.5) is 13.2 Å². The van der Waals surface area contributed by atoms with Crippen LogP contribution in [-0.2, 0) is 40.5 Å². The zero-order chi connectivity index (χ0) is 29.4. The van der Waals surface area contributed by atoms with Crippen molar-refractivity contribution in [3.63, 3.8) is 0 Å². The Morgan fingerprint density at radius 2 is 1.63 bits per heavy atom. The van der Waals surface area contributed by atoms with E-state index in [-0.39, 0.29) is 43.1 Å². The number of alkyl halides is 3. The van der Waals surface area contributed by atoms with E-state index in [0.29, 0.717) is 5.56 Å². The van der Waals surface area contributed by atoms with Gasteiger partial charge in [-0.05, 0) is 41.0 Å². The fourth-order valence-corrected chi connectivity index (χ4v) is 6.75. The van der Waals surface area contributed by atoms with Gasteiger partial charge < -0.3 is 5.32 Å². The minimum Gasteiger partial charge on any atom is -0.350 e. The first-order chi connectivity index (χ1) is 19.5. The number of hydrogen-bond acceptors (Lipinski definition) is 6. The number of amides is 1. The number of nitrogens with one attached hydrogen (secondary N) is 2. The zero-order valence-electron chi connectivity index (χ0n) is 21.6. The molecule has 2 aliphatic rings. The third-order valence-electron chi connectivity index (χ3n) is 7.44. The molecule has 1 atom stereocenters. The maximum absolute atomic E-state index is 14.3. The van der Waals surface area contributed by atoms with Gasteiger partial charge in [0.15, 0.2) is 11.3 Å². The van der Waals surface area contributed by atoms with E-state index in [9.17, 15) is 31.2 Å². The lowest BCUT2D eigenvalue weighted by atomic mass is 9.78. The Morgan fingerprint density at radius 3 is 2.29 bits per heavy atom. The standard InChI is InChI=1S/C29H25F3N4O4S/c30-29(31,32)23-11-9-19(10-12-23)15-34-27(38)28(13-21-5-1-2-6-22(21)16-35-28)26(37)24-7-3-4-8-25(24)41(39,40)36-17-20(14-33)18-36/h1-12,20,35H,13,15-18H2,(H,34,38). The second kappa shape index (κ2) is 10.7. The van der Waals surface area contributed by atoms with Crippen LogP contribution in [0.5, 0.6) is 0 Å². The molecule has 1 fully saturated rings. The van der Waals surface area contributed by atoms with Crippen LogP contribution in [0.1, 0.15) is 32.6 Å². The highest BCUT2D eigenvalue weighted by Gasteiger charge is 2.50. The van der Waals surface area contributed by atoms with E-state index in [1.165, 1.54) is 36.4 Å². The van der Waals surface area contributed by atoms with Crippen molar-refractivity contribution in [3.05, 3.63) is 101 Å². The van der Waals surface area contributed by atoms with Gasteiger partial charge in [0, 0.05) is 38.2 Å². The van der Waals surface area contributed by atoms with Crippen molar-refractivity contribution in [3.8, 4) is 6.07 Å². The van der Waals surface area contributed by atoms with Crippen LogP contribution >= 0.6 is 0 Å². The van der Waals surface area contributed by atoms with Gasteiger partial charge in [-0.2, -0.15) is 22.7 Å². The third-order valence-corrected chi connectivity index (χ3v) is 9.33. The summed E-state index contributed by atoms with van der Waals surface area (Å²) in [6.45, 7) is 0.0105. The van der Waals surface area contributed by atoms with Gasteiger partial charge in [-0.25, -0.2) is 8.42 Å². The van der Waals surface area contributed by atoms with Gasteiger partial charge in [0.2, 0.25) is 15.9 Å². The lowest BCUT2D eigenvalue weighted by Crippen LogP contribution is -2.65. The summed E-state index contributed by atoms with van der Waals surface area (Å²) in [5, 5.41) is 14.8. The van der Waals surface area contributed by atoms with Gasteiger partial charge in [0.25, 0.3) is 0 Å². The lowest BCUT2D eigenvalue weighted by molar-refractivity contribution is -0.137. The number of carbonyl (C=O) groups excluding carboxylic acids is 2. The molecule has 2 heterocycles. The molecule has 12 heteroatoms. The maximum atomic E-state index is 14.3. The maximum Gasteiger partial charge on any atom is 0.416 e. The third kappa shape index (κ3) is 5.36. The first-order valence-corrected chi connectivity index (χ1v) is 14.2. The average Bonchev–Trinajstić information content (AvgIpc) is 2.94. The summed E-state index contributed by atoms with van der Waals surface area (Å²) >= 11 is 0. The number of carbonyl (C=O) groups is 2. The highest BCUT2D eigenvalue weighted by atomic mass is 32.2. The molecule has 41 heavy (non-hydrogen) atoms. The van der Waals surface area contributed by atoms with Gasteiger partial charge in [0.1, 0.15) is 0 Å². The van der Waals surface area contributed by atoms with E-state index in [2.05, 4.69) is 10.6 Å². The average molecular weight is 583 g/mol. The number of rotatable bonds is 7. The Hall–Kier alpha value is -4.05. The Balaban J connectivity index is 1.48. The molecule has 1 amide bonds. The summed E-state index contributed by atoms with van der Waals surface area (Å²) in [6, 6.07) is 19.2. The van der Waals surface area contributed by atoms with Gasteiger partial charge in [0.05, 0.1) is 22.4 Å². The lowest BCUT2D eigenvalue weighted by Gasteiger charge is -2.38. The van der Waals surface area contributed by atoms with Crippen molar-refractivity contribution in [1.29, 1.82) is 5.26 Å². The fraction of sp³-hybridized carbons (Fsp3) is 0.276. The van der Waals surface area contributed by atoms with Crippen molar-refractivity contribution in [2.75, 3.05) is 13.1 Å². The van der Waals surface area contributed by atoms with Crippen molar-refractivity contribution >= 4 is 21.7 Å². The van der Waals surface area contributed by atoms with Crippen molar-refractivity contribution in [2.45, 2.75) is 36.1 Å². The summed E-state index contributed by atoms with van der Waals surface area (Å²) < 4.78 is 66.8. The number of sulfonamides is 1. The molecule has 0 aromatic heterocycles. The summed E-state index contributed by atoms with van der Waals surface area (Å²) in [6.07, 6.45) is -4.58. The van der Waals surface area contributed by atoms with E-state index in [4.69, 9.17) is 5.26 Å². The normalized spacial score (nSPS) is 19.5. The molecular weight excluding hydrogens is 557 g/mol. The molecule has 3 aromatic rings. The van der Waals surface area contributed by atoms with Crippen LogP contribution in [-0.4, -0.2) is 43.0 Å². The topological polar surface area (TPSA) is 119 Å². The Morgan fingerprint density at radius 1 is 1.00 bits per heavy atom. The van der Waals surface area contributed by atoms with E-state index in [1.807, 2.05) is 18.2 Å². The number of benzene rings is 3. The van der Waals surface area contributed by atoms with Crippen LogP contribution in [0.3, 0.4) is 0 Å². The first-order valence-electron chi connectivity index (χ1n) is 12.8. The smallest absolute Gasteiger partial charge is 0.350 e. The largest absolute Gasteiger partial charge is 0.416 e. The molecule has 1 saturated heterocycles. The minimum absolute atomic E-state index is 0.00570. The Kier molecular flexibility index (Phi) is 7.46.